The Morgan fingerprint density at radius 2 is 2.21 bits per heavy atom. The van der Waals surface area contributed by atoms with Gasteiger partial charge in [0.1, 0.15) is 5.75 Å². The van der Waals surface area contributed by atoms with Crippen LogP contribution >= 0.6 is 0 Å². The molecule has 0 bridgehead atoms. The van der Waals surface area contributed by atoms with E-state index in [1.807, 2.05) is 6.07 Å². The first kappa shape index (κ1) is 14.4. The average molecular weight is 262 g/mol. The zero-order valence-corrected chi connectivity index (χ0v) is 12.2. The SMILES string of the molecule is Cc1cccc(CN)c1OCCC1CCCCN1C. The van der Waals surface area contributed by atoms with Gasteiger partial charge in [0.05, 0.1) is 6.61 Å². The van der Waals surface area contributed by atoms with Crippen molar-refractivity contribution < 1.29 is 4.74 Å². The molecule has 3 heteroatoms. The van der Waals surface area contributed by atoms with Gasteiger partial charge in [-0.15, -0.1) is 0 Å². The van der Waals surface area contributed by atoms with Crippen molar-refractivity contribution in [3.8, 4) is 5.75 Å². The number of ether oxygens (including phenoxy) is 1. The van der Waals surface area contributed by atoms with Crippen LogP contribution in [-0.2, 0) is 6.54 Å². The summed E-state index contributed by atoms with van der Waals surface area (Å²) in [6.45, 7) is 4.64. The van der Waals surface area contributed by atoms with Gasteiger partial charge < -0.3 is 15.4 Å². The number of benzene rings is 1. The molecule has 1 aromatic rings. The monoisotopic (exact) mass is 262 g/mol. The summed E-state index contributed by atoms with van der Waals surface area (Å²) in [7, 11) is 2.23. The summed E-state index contributed by atoms with van der Waals surface area (Å²) in [5.74, 6) is 0.989. The molecule has 1 saturated heterocycles. The first-order valence-corrected chi connectivity index (χ1v) is 7.34. The third kappa shape index (κ3) is 3.71. The lowest BCUT2D eigenvalue weighted by molar-refractivity contribution is 0.152. The molecule has 0 radical (unpaired) electrons. The Bertz CT molecular complexity index is 406. The number of rotatable bonds is 5. The van der Waals surface area contributed by atoms with Gasteiger partial charge in [0.15, 0.2) is 0 Å². The minimum atomic E-state index is 0.542. The van der Waals surface area contributed by atoms with E-state index in [4.69, 9.17) is 10.5 Å². The predicted molar refractivity (Wildman–Crippen MR) is 79.5 cm³/mol. The molecule has 0 amide bonds. The minimum Gasteiger partial charge on any atom is -0.493 e. The molecule has 1 aliphatic rings. The zero-order chi connectivity index (χ0) is 13.7. The smallest absolute Gasteiger partial charge is 0.126 e. The second-order valence-electron chi connectivity index (χ2n) is 5.53. The van der Waals surface area contributed by atoms with Crippen molar-refractivity contribution in [1.29, 1.82) is 0 Å². The highest BCUT2D eigenvalue weighted by molar-refractivity contribution is 5.40. The molecule has 1 heterocycles. The highest BCUT2D eigenvalue weighted by atomic mass is 16.5. The second kappa shape index (κ2) is 6.92. The van der Waals surface area contributed by atoms with E-state index in [1.165, 1.54) is 31.4 Å². The Labute approximate surface area is 116 Å². The molecule has 0 spiro atoms. The number of hydrogen-bond donors (Lipinski definition) is 1. The lowest BCUT2D eigenvalue weighted by Gasteiger charge is -2.32. The van der Waals surface area contributed by atoms with E-state index in [1.54, 1.807) is 0 Å². The van der Waals surface area contributed by atoms with Gasteiger partial charge in [-0.25, -0.2) is 0 Å². The van der Waals surface area contributed by atoms with Crippen LogP contribution in [0.5, 0.6) is 5.75 Å². The van der Waals surface area contributed by atoms with Crippen molar-refractivity contribution in [2.24, 2.45) is 5.73 Å². The lowest BCUT2D eigenvalue weighted by Crippen LogP contribution is -2.37. The van der Waals surface area contributed by atoms with Crippen LogP contribution in [0.3, 0.4) is 0 Å². The summed E-state index contributed by atoms with van der Waals surface area (Å²) in [5.41, 5.74) is 8.06. The molecule has 1 atom stereocenters. The molecule has 1 aromatic carbocycles. The van der Waals surface area contributed by atoms with Crippen molar-refractivity contribution >= 4 is 0 Å². The van der Waals surface area contributed by atoms with Gasteiger partial charge in [0, 0.05) is 18.2 Å². The standard InChI is InChI=1S/C16H26N2O/c1-13-6-5-7-14(12-17)16(13)19-11-9-15-8-3-4-10-18(15)2/h5-7,15H,3-4,8-12,17H2,1-2H3. The Kier molecular flexibility index (Phi) is 5.23. The largest absolute Gasteiger partial charge is 0.493 e. The van der Waals surface area contributed by atoms with Crippen LogP contribution in [0.2, 0.25) is 0 Å². The number of piperidine rings is 1. The third-order valence-electron chi connectivity index (χ3n) is 4.13. The summed E-state index contributed by atoms with van der Waals surface area (Å²) >= 11 is 0. The second-order valence-corrected chi connectivity index (χ2v) is 5.53. The highest BCUT2D eigenvalue weighted by Crippen LogP contribution is 2.24. The number of likely N-dealkylation sites (tertiary alicyclic amines) is 1. The van der Waals surface area contributed by atoms with Crippen LogP contribution in [0.15, 0.2) is 18.2 Å². The predicted octanol–water partition coefficient (Wildman–Crippen LogP) is 2.71. The highest BCUT2D eigenvalue weighted by Gasteiger charge is 2.18. The van der Waals surface area contributed by atoms with Crippen molar-refractivity contribution in [2.45, 2.75) is 45.2 Å². The van der Waals surface area contributed by atoms with Crippen LogP contribution in [0.4, 0.5) is 0 Å². The van der Waals surface area contributed by atoms with Crippen molar-refractivity contribution in [3.63, 3.8) is 0 Å². The van der Waals surface area contributed by atoms with Gasteiger partial charge >= 0.3 is 0 Å². The Morgan fingerprint density at radius 1 is 1.37 bits per heavy atom. The summed E-state index contributed by atoms with van der Waals surface area (Å²) in [5, 5.41) is 0. The van der Waals surface area contributed by atoms with Crippen LogP contribution in [0.1, 0.15) is 36.8 Å². The van der Waals surface area contributed by atoms with Crippen LogP contribution in [0, 0.1) is 6.92 Å². The third-order valence-corrected chi connectivity index (χ3v) is 4.13. The van der Waals surface area contributed by atoms with Crippen LogP contribution in [-0.4, -0.2) is 31.1 Å². The van der Waals surface area contributed by atoms with E-state index in [9.17, 15) is 0 Å². The first-order valence-electron chi connectivity index (χ1n) is 7.34. The molecule has 1 aliphatic heterocycles. The van der Waals surface area contributed by atoms with Gasteiger partial charge in [-0.1, -0.05) is 24.6 Å². The van der Waals surface area contributed by atoms with Gasteiger partial charge in [-0.3, -0.25) is 0 Å². The first-order chi connectivity index (χ1) is 9.22. The molecule has 19 heavy (non-hydrogen) atoms. The maximum atomic E-state index is 6.00. The maximum Gasteiger partial charge on any atom is 0.126 e. The van der Waals surface area contributed by atoms with E-state index in [2.05, 4.69) is 31.0 Å². The number of hydrogen-bond acceptors (Lipinski definition) is 3. The summed E-state index contributed by atoms with van der Waals surface area (Å²) < 4.78 is 6.00. The maximum absolute atomic E-state index is 6.00. The minimum absolute atomic E-state index is 0.542. The Hall–Kier alpha value is -1.06. The van der Waals surface area contributed by atoms with E-state index < -0.39 is 0 Å². The quantitative estimate of drug-likeness (QED) is 0.886. The molecule has 0 saturated carbocycles. The summed E-state index contributed by atoms with van der Waals surface area (Å²) in [4.78, 5) is 2.47. The van der Waals surface area contributed by atoms with Crippen LogP contribution < -0.4 is 10.5 Å². The molecule has 1 fully saturated rings. The topological polar surface area (TPSA) is 38.5 Å². The number of aryl methyl sites for hydroxylation is 1. The molecule has 1 unspecified atom stereocenters. The van der Waals surface area contributed by atoms with E-state index >= 15 is 0 Å². The van der Waals surface area contributed by atoms with Crippen molar-refractivity contribution in [3.05, 3.63) is 29.3 Å². The Balaban J connectivity index is 1.88. The molecule has 2 N–H and O–H groups in total. The summed E-state index contributed by atoms with van der Waals surface area (Å²) in [6.07, 6.45) is 5.10. The molecular weight excluding hydrogens is 236 g/mol. The fourth-order valence-electron chi connectivity index (χ4n) is 2.89. The molecule has 0 aliphatic carbocycles. The van der Waals surface area contributed by atoms with E-state index in [0.717, 1.165) is 24.3 Å². The van der Waals surface area contributed by atoms with E-state index in [0.29, 0.717) is 12.6 Å². The summed E-state index contributed by atoms with van der Waals surface area (Å²) in [6, 6.07) is 6.86. The molecular formula is C16H26N2O. The normalized spacial score (nSPS) is 20.5. The fourth-order valence-corrected chi connectivity index (χ4v) is 2.89. The van der Waals surface area contributed by atoms with E-state index in [-0.39, 0.29) is 0 Å². The molecule has 2 rings (SSSR count). The molecule has 106 valence electrons. The van der Waals surface area contributed by atoms with Gasteiger partial charge in [0.25, 0.3) is 0 Å². The number of nitrogens with zero attached hydrogens (tertiary/aromatic N) is 1. The van der Waals surface area contributed by atoms with Gasteiger partial charge in [-0.05, 0) is 45.3 Å². The number of para-hydroxylation sites is 1. The van der Waals surface area contributed by atoms with Crippen LogP contribution in [0.25, 0.3) is 0 Å². The van der Waals surface area contributed by atoms with Gasteiger partial charge in [-0.2, -0.15) is 0 Å². The molecule has 0 aromatic heterocycles. The van der Waals surface area contributed by atoms with Crippen molar-refractivity contribution in [2.75, 3.05) is 20.2 Å². The lowest BCUT2D eigenvalue weighted by atomic mass is 10.0. The zero-order valence-electron chi connectivity index (χ0n) is 12.2. The van der Waals surface area contributed by atoms with Gasteiger partial charge in [0.2, 0.25) is 0 Å². The average Bonchev–Trinajstić information content (AvgIpc) is 2.42. The molecule has 3 nitrogen and oxygen atoms in total. The van der Waals surface area contributed by atoms with Crippen molar-refractivity contribution in [1.82, 2.24) is 4.90 Å². The number of nitrogens with two attached hydrogens (primary N) is 1. The Morgan fingerprint density at radius 3 is 2.95 bits per heavy atom. The fraction of sp³-hybridized carbons (Fsp3) is 0.625.